The third-order valence-corrected chi connectivity index (χ3v) is 2.69. The van der Waals surface area contributed by atoms with Crippen LogP contribution in [0.4, 0.5) is 0 Å². The lowest BCUT2D eigenvalue weighted by molar-refractivity contribution is -0.147. The van der Waals surface area contributed by atoms with Gasteiger partial charge in [0.05, 0.1) is 0 Å². The van der Waals surface area contributed by atoms with Crippen LogP contribution in [-0.4, -0.2) is 48.6 Å². The van der Waals surface area contributed by atoms with Gasteiger partial charge in [0.15, 0.2) is 0 Å². The molecule has 19 heavy (non-hydrogen) atoms. The Morgan fingerprint density at radius 1 is 1.11 bits per heavy atom. The van der Waals surface area contributed by atoms with Gasteiger partial charge in [0, 0.05) is 32.6 Å². The van der Waals surface area contributed by atoms with Crippen molar-refractivity contribution in [1.82, 2.24) is 15.3 Å². The summed E-state index contributed by atoms with van der Waals surface area (Å²) in [4.78, 5) is 12.3. The van der Waals surface area contributed by atoms with Crippen molar-refractivity contribution >= 4 is 5.91 Å². The van der Waals surface area contributed by atoms with E-state index in [1.54, 1.807) is 0 Å². The molecule has 0 aromatic rings. The van der Waals surface area contributed by atoms with E-state index >= 15 is 0 Å². The highest BCUT2D eigenvalue weighted by atomic mass is 16.2. The number of rotatable bonds is 12. The van der Waals surface area contributed by atoms with Crippen LogP contribution >= 0.6 is 0 Å². The van der Waals surface area contributed by atoms with Crippen LogP contribution in [0.15, 0.2) is 25.3 Å². The molecule has 0 unspecified atom stereocenters. The molecule has 1 amide bonds. The van der Waals surface area contributed by atoms with Gasteiger partial charge >= 0.3 is 0 Å². The van der Waals surface area contributed by atoms with E-state index in [2.05, 4.69) is 32.3 Å². The molecule has 4 nitrogen and oxygen atoms in total. The third-order valence-electron chi connectivity index (χ3n) is 2.69. The second-order valence-electron chi connectivity index (χ2n) is 4.47. The number of amides is 1. The minimum absolute atomic E-state index is 0.161. The van der Waals surface area contributed by atoms with Crippen LogP contribution in [0.25, 0.3) is 0 Å². The molecule has 0 heterocycles. The van der Waals surface area contributed by atoms with Crippen LogP contribution in [0.1, 0.15) is 33.1 Å². The van der Waals surface area contributed by atoms with E-state index in [9.17, 15) is 4.79 Å². The van der Waals surface area contributed by atoms with Crippen molar-refractivity contribution in [3.8, 4) is 0 Å². The number of carbonyl (C=O) groups excluding carboxylic acids is 1. The van der Waals surface area contributed by atoms with E-state index in [1.165, 1.54) is 0 Å². The topological polar surface area (TPSA) is 35.6 Å². The van der Waals surface area contributed by atoms with Crippen LogP contribution in [0.3, 0.4) is 0 Å². The predicted octanol–water partition coefficient (Wildman–Crippen LogP) is 2.20. The van der Waals surface area contributed by atoms with Crippen LogP contribution in [0, 0.1) is 0 Å². The molecule has 0 aliphatic carbocycles. The van der Waals surface area contributed by atoms with Gasteiger partial charge in [-0.1, -0.05) is 26.0 Å². The zero-order valence-corrected chi connectivity index (χ0v) is 12.5. The minimum Gasteiger partial charge on any atom is -0.316 e. The molecule has 0 aliphatic rings. The Labute approximate surface area is 118 Å². The fraction of sp³-hybridized carbons (Fsp3) is 0.667. The lowest BCUT2D eigenvalue weighted by Gasteiger charge is -2.33. The summed E-state index contributed by atoms with van der Waals surface area (Å²) in [6, 6.07) is 0. The largest absolute Gasteiger partial charge is 0.316 e. The Morgan fingerprint density at radius 3 is 2.21 bits per heavy atom. The van der Waals surface area contributed by atoms with E-state index in [0.29, 0.717) is 19.5 Å². The molecular formula is C15H29N3O. The van der Waals surface area contributed by atoms with E-state index in [4.69, 9.17) is 0 Å². The first-order chi connectivity index (χ1) is 9.21. The average Bonchev–Trinajstić information content (AvgIpc) is 2.40. The molecule has 1 N–H and O–H groups in total. The van der Waals surface area contributed by atoms with Crippen LogP contribution < -0.4 is 5.32 Å². The maximum absolute atomic E-state index is 12.3. The zero-order valence-electron chi connectivity index (χ0n) is 12.5. The van der Waals surface area contributed by atoms with E-state index in [-0.39, 0.29) is 5.91 Å². The Morgan fingerprint density at radius 2 is 1.74 bits per heavy atom. The number of hydrogen-bond acceptors (Lipinski definition) is 3. The molecule has 0 rings (SSSR count). The minimum atomic E-state index is 0.161. The summed E-state index contributed by atoms with van der Waals surface area (Å²) in [7, 11) is 0. The van der Waals surface area contributed by atoms with Crippen molar-refractivity contribution in [2.45, 2.75) is 33.1 Å². The molecule has 0 bridgehead atoms. The van der Waals surface area contributed by atoms with Crippen molar-refractivity contribution in [1.29, 1.82) is 0 Å². The number of hydrogen-bond donors (Lipinski definition) is 1. The number of hydrazine groups is 1. The van der Waals surface area contributed by atoms with Gasteiger partial charge in [0.2, 0.25) is 5.91 Å². The summed E-state index contributed by atoms with van der Waals surface area (Å²) in [5, 5.41) is 7.08. The van der Waals surface area contributed by atoms with Crippen molar-refractivity contribution in [3.63, 3.8) is 0 Å². The molecule has 0 saturated carbocycles. The Balaban J connectivity index is 4.43. The summed E-state index contributed by atoms with van der Waals surface area (Å²) in [6.45, 7) is 15.5. The Bertz CT molecular complexity index is 256. The van der Waals surface area contributed by atoms with Gasteiger partial charge < -0.3 is 5.32 Å². The fourth-order valence-corrected chi connectivity index (χ4v) is 1.83. The summed E-state index contributed by atoms with van der Waals surface area (Å²) in [5.41, 5.74) is 0. The normalized spacial score (nSPS) is 10.5. The van der Waals surface area contributed by atoms with Gasteiger partial charge in [-0.3, -0.25) is 9.80 Å². The summed E-state index contributed by atoms with van der Waals surface area (Å²) >= 11 is 0. The molecule has 0 saturated heterocycles. The van der Waals surface area contributed by atoms with Crippen molar-refractivity contribution in [3.05, 3.63) is 25.3 Å². The average molecular weight is 267 g/mol. The molecule has 0 aromatic carbocycles. The molecular weight excluding hydrogens is 238 g/mol. The summed E-state index contributed by atoms with van der Waals surface area (Å²) < 4.78 is 0. The predicted molar refractivity (Wildman–Crippen MR) is 81.7 cm³/mol. The van der Waals surface area contributed by atoms with Crippen molar-refractivity contribution < 1.29 is 4.79 Å². The summed E-state index contributed by atoms with van der Waals surface area (Å²) in [6.07, 6.45) is 6.19. The smallest absolute Gasteiger partial charge is 0.238 e. The van der Waals surface area contributed by atoms with Crippen LogP contribution in [0.2, 0.25) is 0 Å². The highest BCUT2D eigenvalue weighted by Crippen LogP contribution is 2.04. The zero-order chi connectivity index (χ0) is 14.5. The first kappa shape index (κ1) is 17.9. The van der Waals surface area contributed by atoms with Crippen LogP contribution in [-0.2, 0) is 4.79 Å². The van der Waals surface area contributed by atoms with Gasteiger partial charge in [-0.05, 0) is 19.4 Å². The molecule has 110 valence electrons. The molecule has 0 radical (unpaired) electrons. The second kappa shape index (κ2) is 11.9. The van der Waals surface area contributed by atoms with Crippen LogP contribution in [0.5, 0.6) is 0 Å². The van der Waals surface area contributed by atoms with E-state index < -0.39 is 0 Å². The molecule has 0 fully saturated rings. The monoisotopic (exact) mass is 267 g/mol. The van der Waals surface area contributed by atoms with E-state index in [0.717, 1.165) is 32.5 Å². The van der Waals surface area contributed by atoms with Crippen molar-refractivity contribution in [2.24, 2.45) is 0 Å². The lowest BCUT2D eigenvalue weighted by atomic mass is 10.3. The Kier molecular flexibility index (Phi) is 11.2. The first-order valence-corrected chi connectivity index (χ1v) is 7.18. The number of carbonyl (C=O) groups is 1. The van der Waals surface area contributed by atoms with Crippen molar-refractivity contribution in [2.75, 3.05) is 32.7 Å². The lowest BCUT2D eigenvalue weighted by Crippen LogP contribution is -2.47. The number of nitrogens with zero attached hydrogens (tertiary/aromatic N) is 2. The Hall–Kier alpha value is -1.13. The first-order valence-electron chi connectivity index (χ1n) is 7.18. The standard InChI is InChI=1S/C15H29N3O/c1-5-10-16-11-9-15(19)18(14-8-4)17(12-6-2)13-7-3/h6-7,16H,2-3,5,8-14H2,1,4H3. The van der Waals surface area contributed by atoms with Gasteiger partial charge in [-0.15, -0.1) is 13.2 Å². The summed E-state index contributed by atoms with van der Waals surface area (Å²) in [5.74, 6) is 0.161. The third kappa shape index (κ3) is 7.80. The molecule has 0 atom stereocenters. The van der Waals surface area contributed by atoms with Gasteiger partial charge in [0.25, 0.3) is 0 Å². The fourth-order valence-electron chi connectivity index (χ4n) is 1.83. The van der Waals surface area contributed by atoms with E-state index in [1.807, 2.05) is 22.2 Å². The maximum Gasteiger partial charge on any atom is 0.238 e. The molecule has 0 aliphatic heterocycles. The molecule has 0 aromatic heterocycles. The second-order valence-corrected chi connectivity index (χ2v) is 4.47. The van der Waals surface area contributed by atoms with Gasteiger partial charge in [-0.2, -0.15) is 0 Å². The van der Waals surface area contributed by atoms with Gasteiger partial charge in [0.1, 0.15) is 0 Å². The highest BCUT2D eigenvalue weighted by Gasteiger charge is 2.18. The highest BCUT2D eigenvalue weighted by molar-refractivity contribution is 5.75. The molecule has 4 heteroatoms. The van der Waals surface area contributed by atoms with Gasteiger partial charge in [-0.25, -0.2) is 5.01 Å². The number of nitrogens with one attached hydrogen (secondary N) is 1. The molecule has 0 spiro atoms. The maximum atomic E-state index is 12.3. The SMILES string of the molecule is C=CCN(CC=C)N(CCC)C(=O)CCNCCC. The quantitative estimate of drug-likeness (QED) is 0.334.